The molecule has 24 heavy (non-hydrogen) atoms. The second-order valence-electron chi connectivity index (χ2n) is 6.48. The molecule has 0 radical (unpaired) electrons. The van der Waals surface area contributed by atoms with Crippen molar-refractivity contribution in [3.63, 3.8) is 0 Å². The van der Waals surface area contributed by atoms with Crippen LogP contribution in [0.1, 0.15) is 25.8 Å². The molecular formula is C20H21N3O. The van der Waals surface area contributed by atoms with Crippen LogP contribution in [0.15, 0.2) is 48.8 Å². The average Bonchev–Trinajstić information content (AvgIpc) is 3.23. The van der Waals surface area contributed by atoms with Gasteiger partial charge in [-0.2, -0.15) is 0 Å². The molecule has 3 aromatic rings. The number of carbonyl (C=O) groups excluding carboxylic acids is 1. The molecule has 1 atom stereocenters. The van der Waals surface area contributed by atoms with Crippen LogP contribution in [0.3, 0.4) is 0 Å². The molecule has 0 spiro atoms. The van der Waals surface area contributed by atoms with Gasteiger partial charge in [-0.25, -0.2) is 4.98 Å². The molecular weight excluding hydrogens is 298 g/mol. The van der Waals surface area contributed by atoms with Gasteiger partial charge in [0.2, 0.25) is 5.91 Å². The zero-order chi connectivity index (χ0) is 16.7. The maximum Gasteiger partial charge on any atom is 0.229 e. The third kappa shape index (κ3) is 2.39. The Kier molecular flexibility index (Phi) is 3.60. The van der Waals surface area contributed by atoms with E-state index < -0.39 is 0 Å². The van der Waals surface area contributed by atoms with Crippen molar-refractivity contribution in [2.24, 2.45) is 5.92 Å². The summed E-state index contributed by atoms with van der Waals surface area (Å²) in [7, 11) is 0. The molecule has 4 nitrogen and oxygen atoms in total. The Morgan fingerprint density at radius 2 is 2.17 bits per heavy atom. The summed E-state index contributed by atoms with van der Waals surface area (Å²) in [5, 5.41) is 0. The standard InChI is InChI=1S/C20H21N3O/c1-3-14(2)20(24)23-11-9-16-12-15(7-8-18(16)23)17-13-22-10-5-4-6-19(22)21-17/h4-8,10,12-14H,3,9,11H2,1-2H3. The largest absolute Gasteiger partial charge is 0.312 e. The van der Waals surface area contributed by atoms with Gasteiger partial charge in [-0.05, 0) is 42.7 Å². The van der Waals surface area contributed by atoms with Crippen molar-refractivity contribution < 1.29 is 4.79 Å². The minimum Gasteiger partial charge on any atom is -0.312 e. The second-order valence-corrected chi connectivity index (χ2v) is 6.48. The number of amides is 1. The van der Waals surface area contributed by atoms with Gasteiger partial charge < -0.3 is 9.30 Å². The van der Waals surface area contributed by atoms with Crippen LogP contribution >= 0.6 is 0 Å². The van der Waals surface area contributed by atoms with E-state index in [-0.39, 0.29) is 11.8 Å². The highest BCUT2D eigenvalue weighted by molar-refractivity contribution is 5.97. The lowest BCUT2D eigenvalue weighted by Crippen LogP contribution is -2.33. The van der Waals surface area contributed by atoms with Gasteiger partial charge >= 0.3 is 0 Å². The molecule has 0 aliphatic carbocycles. The summed E-state index contributed by atoms with van der Waals surface area (Å²) in [5.74, 6) is 0.311. The van der Waals surface area contributed by atoms with E-state index in [0.29, 0.717) is 0 Å². The van der Waals surface area contributed by atoms with E-state index in [1.807, 2.05) is 46.8 Å². The monoisotopic (exact) mass is 319 g/mol. The van der Waals surface area contributed by atoms with Crippen LogP contribution in [0.5, 0.6) is 0 Å². The number of carbonyl (C=O) groups is 1. The Labute approximate surface area is 141 Å². The molecule has 0 saturated carbocycles. The van der Waals surface area contributed by atoms with Gasteiger partial charge in [0.05, 0.1) is 5.69 Å². The zero-order valence-corrected chi connectivity index (χ0v) is 14.1. The molecule has 1 aliphatic rings. The topological polar surface area (TPSA) is 37.6 Å². The normalized spacial score (nSPS) is 14.8. The predicted octanol–water partition coefficient (Wildman–Crippen LogP) is 3.94. The number of fused-ring (bicyclic) bond motifs is 2. The minimum absolute atomic E-state index is 0.0778. The molecule has 0 fully saturated rings. The van der Waals surface area contributed by atoms with Crippen LogP contribution in [0.2, 0.25) is 0 Å². The fourth-order valence-corrected chi connectivity index (χ4v) is 3.30. The zero-order valence-electron chi connectivity index (χ0n) is 14.1. The van der Waals surface area contributed by atoms with Crippen LogP contribution in [0.4, 0.5) is 5.69 Å². The minimum atomic E-state index is 0.0778. The number of rotatable bonds is 3. The summed E-state index contributed by atoms with van der Waals surface area (Å²) in [6, 6.07) is 12.3. The molecule has 2 aromatic heterocycles. The first-order valence-corrected chi connectivity index (χ1v) is 8.56. The van der Waals surface area contributed by atoms with Crippen molar-refractivity contribution in [3.8, 4) is 11.3 Å². The number of hydrogen-bond donors (Lipinski definition) is 0. The van der Waals surface area contributed by atoms with E-state index in [1.54, 1.807) is 0 Å². The first kappa shape index (κ1) is 14.9. The molecule has 4 heteroatoms. The van der Waals surface area contributed by atoms with E-state index in [0.717, 1.165) is 42.0 Å². The molecule has 122 valence electrons. The van der Waals surface area contributed by atoms with Gasteiger partial charge in [0, 0.05) is 36.1 Å². The van der Waals surface area contributed by atoms with Crippen molar-refractivity contribution in [2.45, 2.75) is 26.7 Å². The highest BCUT2D eigenvalue weighted by atomic mass is 16.2. The highest BCUT2D eigenvalue weighted by Crippen LogP contribution is 2.33. The van der Waals surface area contributed by atoms with E-state index in [9.17, 15) is 4.79 Å². The molecule has 0 saturated heterocycles. The molecule has 1 aliphatic heterocycles. The SMILES string of the molecule is CCC(C)C(=O)N1CCc2cc(-c3cn4ccccc4n3)ccc21. The van der Waals surface area contributed by atoms with Crippen molar-refractivity contribution >= 4 is 17.2 Å². The summed E-state index contributed by atoms with van der Waals surface area (Å²) in [6.07, 6.45) is 5.85. The maximum atomic E-state index is 12.5. The number of hydrogen-bond acceptors (Lipinski definition) is 2. The number of anilines is 1. The lowest BCUT2D eigenvalue weighted by atomic mass is 10.1. The van der Waals surface area contributed by atoms with Crippen LogP contribution in [-0.4, -0.2) is 21.8 Å². The van der Waals surface area contributed by atoms with E-state index in [1.165, 1.54) is 5.56 Å². The fraction of sp³-hybridized carbons (Fsp3) is 0.300. The van der Waals surface area contributed by atoms with E-state index in [4.69, 9.17) is 0 Å². The third-order valence-corrected chi connectivity index (χ3v) is 4.93. The van der Waals surface area contributed by atoms with Gasteiger partial charge in [-0.15, -0.1) is 0 Å². The van der Waals surface area contributed by atoms with Crippen molar-refractivity contribution in [3.05, 3.63) is 54.4 Å². The molecule has 4 rings (SSSR count). The van der Waals surface area contributed by atoms with E-state index >= 15 is 0 Å². The summed E-state index contributed by atoms with van der Waals surface area (Å²) in [6.45, 7) is 4.85. The van der Waals surface area contributed by atoms with Crippen LogP contribution in [0, 0.1) is 5.92 Å². The maximum absolute atomic E-state index is 12.5. The van der Waals surface area contributed by atoms with Crippen molar-refractivity contribution in [2.75, 3.05) is 11.4 Å². The molecule has 1 amide bonds. The van der Waals surface area contributed by atoms with E-state index in [2.05, 4.69) is 30.1 Å². The number of pyridine rings is 1. The highest BCUT2D eigenvalue weighted by Gasteiger charge is 2.27. The summed E-state index contributed by atoms with van der Waals surface area (Å²) >= 11 is 0. The van der Waals surface area contributed by atoms with Gasteiger partial charge in [0.15, 0.2) is 0 Å². The van der Waals surface area contributed by atoms with Crippen molar-refractivity contribution in [1.29, 1.82) is 0 Å². The molecule has 0 N–H and O–H groups in total. The van der Waals surface area contributed by atoms with Gasteiger partial charge in [-0.3, -0.25) is 4.79 Å². The Bertz CT molecular complexity index is 879. The van der Waals surface area contributed by atoms with Crippen LogP contribution in [0.25, 0.3) is 16.9 Å². The quantitative estimate of drug-likeness (QED) is 0.733. The van der Waals surface area contributed by atoms with Gasteiger partial charge in [0.1, 0.15) is 5.65 Å². The Morgan fingerprint density at radius 1 is 1.29 bits per heavy atom. The second kappa shape index (κ2) is 5.78. The van der Waals surface area contributed by atoms with Gasteiger partial charge in [-0.1, -0.05) is 26.0 Å². The first-order chi connectivity index (χ1) is 11.7. The smallest absolute Gasteiger partial charge is 0.229 e. The Hall–Kier alpha value is -2.62. The lowest BCUT2D eigenvalue weighted by Gasteiger charge is -2.21. The Balaban J connectivity index is 1.68. The third-order valence-electron chi connectivity index (χ3n) is 4.93. The molecule has 3 heterocycles. The lowest BCUT2D eigenvalue weighted by molar-refractivity contribution is -0.121. The summed E-state index contributed by atoms with van der Waals surface area (Å²) in [5.41, 5.74) is 5.32. The summed E-state index contributed by atoms with van der Waals surface area (Å²) in [4.78, 5) is 19.1. The number of nitrogens with zero attached hydrogens (tertiary/aromatic N) is 3. The number of benzene rings is 1. The average molecular weight is 319 g/mol. The first-order valence-electron chi connectivity index (χ1n) is 8.56. The number of aromatic nitrogens is 2. The summed E-state index contributed by atoms with van der Waals surface area (Å²) < 4.78 is 2.03. The molecule has 1 aromatic carbocycles. The molecule has 0 bridgehead atoms. The Morgan fingerprint density at radius 3 is 2.96 bits per heavy atom. The van der Waals surface area contributed by atoms with Crippen LogP contribution < -0.4 is 4.90 Å². The number of imidazole rings is 1. The fourth-order valence-electron chi connectivity index (χ4n) is 3.30. The van der Waals surface area contributed by atoms with Crippen molar-refractivity contribution in [1.82, 2.24) is 9.38 Å². The van der Waals surface area contributed by atoms with Crippen LogP contribution in [-0.2, 0) is 11.2 Å². The predicted molar refractivity (Wildman–Crippen MR) is 96.1 cm³/mol. The van der Waals surface area contributed by atoms with Gasteiger partial charge in [0.25, 0.3) is 0 Å². The molecule has 1 unspecified atom stereocenters.